The summed E-state index contributed by atoms with van der Waals surface area (Å²) in [6.07, 6.45) is 2.11. The van der Waals surface area contributed by atoms with Crippen LogP contribution in [0.3, 0.4) is 0 Å². The van der Waals surface area contributed by atoms with E-state index in [0.29, 0.717) is 23.6 Å². The number of aromatic nitrogens is 2. The molecule has 3 aromatic rings. The van der Waals surface area contributed by atoms with Crippen LogP contribution in [0.2, 0.25) is 0 Å². The van der Waals surface area contributed by atoms with Crippen molar-refractivity contribution in [2.75, 3.05) is 13.2 Å². The number of carbonyl (C=O) groups is 1. The summed E-state index contributed by atoms with van der Waals surface area (Å²) < 4.78 is 16.9. The topological polar surface area (TPSA) is 70.5 Å². The smallest absolute Gasteiger partial charge is 0.342 e. The van der Waals surface area contributed by atoms with E-state index in [4.69, 9.17) is 14.2 Å². The maximum Gasteiger partial charge on any atom is 0.342 e. The minimum absolute atomic E-state index is 0.0581. The third-order valence-corrected chi connectivity index (χ3v) is 4.74. The third-order valence-electron chi connectivity index (χ3n) is 4.74. The lowest BCUT2D eigenvalue weighted by Crippen LogP contribution is -2.18. The molecule has 0 bridgehead atoms. The number of carbonyl (C=O) groups excluding carboxylic acids is 1. The molecule has 0 N–H and O–H groups in total. The van der Waals surface area contributed by atoms with Crippen molar-refractivity contribution in [3.8, 4) is 5.75 Å². The van der Waals surface area contributed by atoms with Gasteiger partial charge in [0.25, 0.3) is 0 Å². The monoisotopic (exact) mass is 378 g/mol. The van der Waals surface area contributed by atoms with E-state index in [1.54, 1.807) is 18.2 Å². The number of esters is 1. The van der Waals surface area contributed by atoms with E-state index in [1.807, 2.05) is 37.3 Å². The first-order valence-corrected chi connectivity index (χ1v) is 9.43. The Balaban J connectivity index is 1.44. The zero-order valence-corrected chi connectivity index (χ0v) is 15.8. The molecule has 1 saturated heterocycles. The summed E-state index contributed by atoms with van der Waals surface area (Å²) in [5, 5.41) is 0. The number of aryl methyl sites for hydroxylation is 1. The molecule has 0 radical (unpaired) electrons. The second kappa shape index (κ2) is 8.35. The van der Waals surface area contributed by atoms with E-state index >= 15 is 0 Å². The zero-order chi connectivity index (χ0) is 19.3. The van der Waals surface area contributed by atoms with Gasteiger partial charge in [-0.05, 0) is 44.0 Å². The highest BCUT2D eigenvalue weighted by atomic mass is 16.5. The average molecular weight is 378 g/mol. The van der Waals surface area contributed by atoms with Crippen LogP contribution in [0.25, 0.3) is 11.0 Å². The van der Waals surface area contributed by atoms with Crippen LogP contribution in [-0.4, -0.2) is 35.3 Å². The number of fused-ring (bicyclic) bond motifs is 1. The molecule has 0 amide bonds. The number of benzene rings is 2. The second-order valence-electron chi connectivity index (χ2n) is 6.76. The number of rotatable bonds is 6. The largest absolute Gasteiger partial charge is 0.490 e. The Kier molecular flexibility index (Phi) is 5.48. The number of hydrogen-bond acceptors (Lipinski definition) is 6. The average Bonchev–Trinajstić information content (AvgIpc) is 3.24. The van der Waals surface area contributed by atoms with Crippen molar-refractivity contribution in [1.82, 2.24) is 9.97 Å². The number of ether oxygens (including phenoxy) is 3. The van der Waals surface area contributed by atoms with Crippen LogP contribution in [0.15, 0.2) is 48.5 Å². The molecule has 2 heterocycles. The molecule has 0 unspecified atom stereocenters. The fourth-order valence-corrected chi connectivity index (χ4v) is 3.19. The Labute approximate surface area is 163 Å². The lowest BCUT2D eigenvalue weighted by atomic mass is 10.2. The van der Waals surface area contributed by atoms with Crippen LogP contribution in [-0.2, 0) is 16.1 Å². The van der Waals surface area contributed by atoms with Gasteiger partial charge in [0.05, 0.1) is 28.5 Å². The molecular weight excluding hydrogens is 356 g/mol. The molecule has 1 atom stereocenters. The summed E-state index contributed by atoms with van der Waals surface area (Å²) in [7, 11) is 0. The normalized spacial score (nSPS) is 16.2. The molecule has 28 heavy (non-hydrogen) atoms. The first-order valence-electron chi connectivity index (χ1n) is 9.43. The van der Waals surface area contributed by atoms with E-state index < -0.39 is 5.97 Å². The Morgan fingerprint density at radius 2 is 1.86 bits per heavy atom. The van der Waals surface area contributed by atoms with Gasteiger partial charge in [-0.15, -0.1) is 0 Å². The number of para-hydroxylation sites is 3. The molecule has 6 heteroatoms. The van der Waals surface area contributed by atoms with Gasteiger partial charge in [-0.25, -0.2) is 14.8 Å². The SMILES string of the molecule is Cc1nc2ccccc2nc1COC(=O)c1ccccc1OC[C@H]1CCCO1. The second-order valence-corrected chi connectivity index (χ2v) is 6.76. The van der Waals surface area contributed by atoms with E-state index in [0.717, 1.165) is 36.2 Å². The van der Waals surface area contributed by atoms with Crippen LogP contribution in [0.1, 0.15) is 34.6 Å². The molecule has 1 aliphatic rings. The predicted molar refractivity (Wildman–Crippen MR) is 104 cm³/mol. The molecule has 1 aromatic heterocycles. The summed E-state index contributed by atoms with van der Waals surface area (Å²) in [4.78, 5) is 21.7. The van der Waals surface area contributed by atoms with Gasteiger partial charge in [-0.3, -0.25) is 0 Å². The van der Waals surface area contributed by atoms with E-state index in [2.05, 4.69) is 9.97 Å². The predicted octanol–water partition coefficient (Wildman–Crippen LogP) is 3.85. The zero-order valence-electron chi connectivity index (χ0n) is 15.8. The van der Waals surface area contributed by atoms with Crippen molar-refractivity contribution in [1.29, 1.82) is 0 Å². The van der Waals surface area contributed by atoms with Crippen LogP contribution < -0.4 is 4.74 Å². The number of hydrogen-bond donors (Lipinski definition) is 0. The Morgan fingerprint density at radius 3 is 2.64 bits per heavy atom. The van der Waals surface area contributed by atoms with Gasteiger partial charge in [-0.1, -0.05) is 24.3 Å². The quantitative estimate of drug-likeness (QED) is 0.607. The minimum atomic E-state index is -0.447. The van der Waals surface area contributed by atoms with Gasteiger partial charge in [0.15, 0.2) is 0 Å². The molecule has 1 fully saturated rings. The lowest BCUT2D eigenvalue weighted by Gasteiger charge is -2.14. The van der Waals surface area contributed by atoms with E-state index in [1.165, 1.54) is 0 Å². The summed E-state index contributed by atoms with van der Waals surface area (Å²) in [5.41, 5.74) is 3.38. The van der Waals surface area contributed by atoms with Gasteiger partial charge >= 0.3 is 5.97 Å². The van der Waals surface area contributed by atoms with Crippen molar-refractivity contribution < 1.29 is 19.0 Å². The summed E-state index contributed by atoms with van der Waals surface area (Å²) in [5.74, 6) is 0.0571. The van der Waals surface area contributed by atoms with Crippen molar-refractivity contribution in [3.05, 3.63) is 65.5 Å². The van der Waals surface area contributed by atoms with Gasteiger partial charge in [0, 0.05) is 6.61 Å². The Morgan fingerprint density at radius 1 is 1.11 bits per heavy atom. The first-order chi connectivity index (χ1) is 13.7. The van der Waals surface area contributed by atoms with Crippen molar-refractivity contribution in [3.63, 3.8) is 0 Å². The maximum absolute atomic E-state index is 12.6. The fraction of sp³-hybridized carbons (Fsp3) is 0.318. The van der Waals surface area contributed by atoms with E-state index in [-0.39, 0.29) is 12.7 Å². The molecule has 4 rings (SSSR count). The molecular formula is C22H22N2O4. The first kappa shape index (κ1) is 18.4. The molecule has 0 spiro atoms. The molecule has 2 aromatic carbocycles. The molecule has 0 saturated carbocycles. The number of nitrogens with zero attached hydrogens (tertiary/aromatic N) is 2. The lowest BCUT2D eigenvalue weighted by molar-refractivity contribution is 0.0449. The van der Waals surface area contributed by atoms with Gasteiger partial charge in [0.2, 0.25) is 0 Å². The van der Waals surface area contributed by atoms with Gasteiger partial charge in [0.1, 0.15) is 24.5 Å². The summed E-state index contributed by atoms with van der Waals surface area (Å²) in [6, 6.07) is 14.7. The molecule has 0 aliphatic carbocycles. The van der Waals surface area contributed by atoms with Crippen LogP contribution in [0.5, 0.6) is 5.75 Å². The van der Waals surface area contributed by atoms with Crippen LogP contribution in [0, 0.1) is 6.92 Å². The fourth-order valence-electron chi connectivity index (χ4n) is 3.19. The molecule has 144 valence electrons. The minimum Gasteiger partial charge on any atom is -0.490 e. The highest BCUT2D eigenvalue weighted by Gasteiger charge is 2.19. The van der Waals surface area contributed by atoms with Crippen LogP contribution in [0.4, 0.5) is 0 Å². The van der Waals surface area contributed by atoms with Gasteiger partial charge < -0.3 is 14.2 Å². The van der Waals surface area contributed by atoms with Gasteiger partial charge in [-0.2, -0.15) is 0 Å². The van der Waals surface area contributed by atoms with Crippen molar-refractivity contribution in [2.45, 2.75) is 32.5 Å². The molecule has 6 nitrogen and oxygen atoms in total. The highest BCUT2D eigenvalue weighted by molar-refractivity contribution is 5.92. The Hall–Kier alpha value is -2.99. The standard InChI is InChI=1S/C22H22N2O4/c1-15-20(24-19-10-4-3-9-18(19)23-15)14-28-22(25)17-8-2-5-11-21(17)27-13-16-7-6-12-26-16/h2-5,8-11,16H,6-7,12-14H2,1H3/t16-/m1/s1. The summed E-state index contributed by atoms with van der Waals surface area (Å²) >= 11 is 0. The van der Waals surface area contributed by atoms with Crippen molar-refractivity contribution in [2.24, 2.45) is 0 Å². The third kappa shape index (κ3) is 4.12. The summed E-state index contributed by atoms with van der Waals surface area (Å²) in [6.45, 7) is 3.12. The van der Waals surface area contributed by atoms with Crippen LogP contribution >= 0.6 is 0 Å². The Bertz CT molecular complexity index is 983. The highest BCUT2D eigenvalue weighted by Crippen LogP contribution is 2.22. The van der Waals surface area contributed by atoms with E-state index in [9.17, 15) is 4.79 Å². The molecule has 1 aliphatic heterocycles. The van der Waals surface area contributed by atoms with Crippen molar-refractivity contribution >= 4 is 17.0 Å². The maximum atomic E-state index is 12.6.